The SMILES string of the molecule is C1=CC2=NN=CNC23C=CNC3=C1. The van der Waals surface area contributed by atoms with Crippen LogP contribution >= 0.6 is 0 Å². The van der Waals surface area contributed by atoms with E-state index in [0.29, 0.717) is 0 Å². The van der Waals surface area contributed by atoms with Crippen LogP contribution in [0, 0.1) is 0 Å². The van der Waals surface area contributed by atoms with Crippen LogP contribution in [0.25, 0.3) is 0 Å². The van der Waals surface area contributed by atoms with Gasteiger partial charge in [-0.3, -0.25) is 0 Å². The van der Waals surface area contributed by atoms with E-state index in [1.54, 1.807) is 6.34 Å². The third-order valence-electron chi connectivity index (χ3n) is 2.43. The largest absolute Gasteiger partial charge is 0.363 e. The van der Waals surface area contributed by atoms with Crippen molar-refractivity contribution in [2.75, 3.05) is 0 Å². The van der Waals surface area contributed by atoms with Gasteiger partial charge in [0.05, 0.1) is 11.4 Å². The zero-order valence-corrected chi connectivity index (χ0v) is 6.86. The number of rotatable bonds is 0. The molecule has 4 nitrogen and oxygen atoms in total. The molecule has 0 bridgehead atoms. The second kappa shape index (κ2) is 2.10. The molecule has 64 valence electrons. The van der Waals surface area contributed by atoms with Crippen LogP contribution in [-0.4, -0.2) is 17.6 Å². The highest BCUT2D eigenvalue weighted by molar-refractivity contribution is 6.10. The molecule has 3 rings (SSSR count). The van der Waals surface area contributed by atoms with E-state index >= 15 is 0 Å². The predicted octanol–water partition coefficient (Wildman–Crippen LogP) is 0.283. The first-order valence-electron chi connectivity index (χ1n) is 4.13. The van der Waals surface area contributed by atoms with Crippen molar-refractivity contribution < 1.29 is 0 Å². The van der Waals surface area contributed by atoms with Crippen molar-refractivity contribution in [3.63, 3.8) is 0 Å². The van der Waals surface area contributed by atoms with Crippen molar-refractivity contribution >= 4 is 12.1 Å². The molecule has 0 saturated carbocycles. The molecule has 4 heteroatoms. The van der Waals surface area contributed by atoms with Gasteiger partial charge in [-0.25, -0.2) is 0 Å². The quantitative estimate of drug-likeness (QED) is 0.551. The molecule has 2 aliphatic heterocycles. The molecular formula is C9H8N4. The minimum atomic E-state index is -0.281. The van der Waals surface area contributed by atoms with Crippen LogP contribution in [0.2, 0.25) is 0 Å². The molecule has 1 spiro atoms. The van der Waals surface area contributed by atoms with Gasteiger partial charge in [-0.1, -0.05) is 6.08 Å². The van der Waals surface area contributed by atoms with Crippen LogP contribution in [0.15, 0.2) is 46.4 Å². The monoisotopic (exact) mass is 172 g/mol. The van der Waals surface area contributed by atoms with E-state index in [0.717, 1.165) is 11.4 Å². The highest BCUT2D eigenvalue weighted by Crippen LogP contribution is 2.28. The summed E-state index contributed by atoms with van der Waals surface area (Å²) in [5, 5.41) is 14.3. The van der Waals surface area contributed by atoms with Gasteiger partial charge < -0.3 is 10.6 Å². The van der Waals surface area contributed by atoms with E-state index in [-0.39, 0.29) is 5.54 Å². The molecule has 0 amide bonds. The molecule has 0 aromatic carbocycles. The Kier molecular flexibility index (Phi) is 1.07. The zero-order chi connectivity index (χ0) is 8.73. The minimum Gasteiger partial charge on any atom is -0.363 e. The van der Waals surface area contributed by atoms with Gasteiger partial charge in [0.2, 0.25) is 0 Å². The summed E-state index contributed by atoms with van der Waals surface area (Å²) in [5.41, 5.74) is 1.74. The van der Waals surface area contributed by atoms with Crippen molar-refractivity contribution in [1.82, 2.24) is 10.6 Å². The Hall–Kier alpha value is -1.84. The standard InChI is InChI=1S/C9H8N4/c1-2-7-9(4-5-10-7)8(3-1)13-12-6-11-9/h1-6,10H,(H,11,12). The number of nitrogens with zero attached hydrogens (tertiary/aromatic N) is 2. The molecule has 1 unspecified atom stereocenters. The third-order valence-corrected chi connectivity index (χ3v) is 2.43. The van der Waals surface area contributed by atoms with Crippen LogP contribution < -0.4 is 10.6 Å². The molecule has 13 heavy (non-hydrogen) atoms. The topological polar surface area (TPSA) is 48.8 Å². The Labute approximate surface area is 75.4 Å². The van der Waals surface area contributed by atoms with Gasteiger partial charge in [0.1, 0.15) is 11.9 Å². The van der Waals surface area contributed by atoms with E-state index in [2.05, 4.69) is 20.8 Å². The maximum absolute atomic E-state index is 4.09. The van der Waals surface area contributed by atoms with E-state index < -0.39 is 0 Å². The van der Waals surface area contributed by atoms with Crippen molar-refractivity contribution in [3.05, 3.63) is 36.2 Å². The highest BCUT2D eigenvalue weighted by atomic mass is 15.3. The van der Waals surface area contributed by atoms with Crippen molar-refractivity contribution in [1.29, 1.82) is 0 Å². The number of hydrogen-bond donors (Lipinski definition) is 2. The molecule has 1 aliphatic carbocycles. The van der Waals surface area contributed by atoms with Gasteiger partial charge in [0.25, 0.3) is 0 Å². The van der Waals surface area contributed by atoms with E-state index in [4.69, 9.17) is 0 Å². The van der Waals surface area contributed by atoms with Crippen LogP contribution in [-0.2, 0) is 0 Å². The second-order valence-electron chi connectivity index (χ2n) is 3.10. The number of hydrogen-bond acceptors (Lipinski definition) is 4. The maximum atomic E-state index is 4.09. The van der Waals surface area contributed by atoms with E-state index in [1.807, 2.05) is 30.5 Å². The van der Waals surface area contributed by atoms with Crippen molar-refractivity contribution in [3.8, 4) is 0 Å². The molecule has 3 aliphatic rings. The maximum Gasteiger partial charge on any atom is 0.143 e. The first-order chi connectivity index (χ1) is 6.42. The Morgan fingerprint density at radius 1 is 1.38 bits per heavy atom. The summed E-state index contributed by atoms with van der Waals surface area (Å²) in [6.07, 6.45) is 11.5. The Morgan fingerprint density at radius 3 is 3.38 bits per heavy atom. The normalized spacial score (nSPS) is 32.6. The Bertz CT molecular complexity index is 400. The first-order valence-corrected chi connectivity index (χ1v) is 4.13. The first kappa shape index (κ1) is 6.65. The zero-order valence-electron chi connectivity index (χ0n) is 6.86. The summed E-state index contributed by atoms with van der Waals surface area (Å²) in [6.45, 7) is 0. The summed E-state index contributed by atoms with van der Waals surface area (Å²) in [4.78, 5) is 0. The lowest BCUT2D eigenvalue weighted by Gasteiger charge is -2.32. The number of nitrogens with one attached hydrogen (secondary N) is 2. The second-order valence-corrected chi connectivity index (χ2v) is 3.10. The molecule has 0 aromatic heterocycles. The average Bonchev–Trinajstić information content (AvgIpc) is 2.58. The Balaban J connectivity index is 2.21. The van der Waals surface area contributed by atoms with Crippen molar-refractivity contribution in [2.45, 2.75) is 5.54 Å². The summed E-state index contributed by atoms with van der Waals surface area (Å²) < 4.78 is 0. The molecule has 2 N–H and O–H groups in total. The molecule has 0 saturated heterocycles. The van der Waals surface area contributed by atoms with Crippen molar-refractivity contribution in [2.24, 2.45) is 10.2 Å². The minimum absolute atomic E-state index is 0.281. The van der Waals surface area contributed by atoms with Crippen LogP contribution in [0.5, 0.6) is 0 Å². The van der Waals surface area contributed by atoms with Gasteiger partial charge in [0.15, 0.2) is 0 Å². The van der Waals surface area contributed by atoms with Gasteiger partial charge in [-0.05, 0) is 24.4 Å². The average molecular weight is 172 g/mol. The van der Waals surface area contributed by atoms with Gasteiger partial charge in [0, 0.05) is 0 Å². The van der Waals surface area contributed by atoms with E-state index in [9.17, 15) is 0 Å². The summed E-state index contributed by atoms with van der Waals surface area (Å²) in [6, 6.07) is 0. The molecule has 0 aromatic rings. The summed E-state index contributed by atoms with van der Waals surface area (Å²) in [7, 11) is 0. The van der Waals surface area contributed by atoms with Crippen LogP contribution in [0.4, 0.5) is 0 Å². The number of allylic oxidation sites excluding steroid dienone is 2. The lowest BCUT2D eigenvalue weighted by atomic mass is 9.87. The Morgan fingerprint density at radius 2 is 2.38 bits per heavy atom. The fraction of sp³-hybridized carbons (Fsp3) is 0.111. The molecule has 0 fully saturated rings. The van der Waals surface area contributed by atoms with E-state index in [1.165, 1.54) is 0 Å². The third kappa shape index (κ3) is 0.697. The van der Waals surface area contributed by atoms with Crippen LogP contribution in [0.1, 0.15) is 0 Å². The van der Waals surface area contributed by atoms with Crippen LogP contribution in [0.3, 0.4) is 0 Å². The lowest BCUT2D eigenvalue weighted by Crippen LogP contribution is -2.53. The fourth-order valence-corrected chi connectivity index (χ4v) is 1.76. The molecule has 0 radical (unpaired) electrons. The summed E-state index contributed by atoms with van der Waals surface area (Å²) in [5.74, 6) is 0. The van der Waals surface area contributed by atoms with Gasteiger partial charge >= 0.3 is 0 Å². The predicted molar refractivity (Wildman–Crippen MR) is 51.3 cm³/mol. The van der Waals surface area contributed by atoms with Gasteiger partial charge in [-0.15, -0.1) is 5.10 Å². The molecule has 1 atom stereocenters. The fourth-order valence-electron chi connectivity index (χ4n) is 1.76. The summed E-state index contributed by atoms with van der Waals surface area (Å²) >= 11 is 0. The highest BCUT2D eigenvalue weighted by Gasteiger charge is 2.41. The van der Waals surface area contributed by atoms with Gasteiger partial charge in [-0.2, -0.15) is 5.10 Å². The molecular weight excluding hydrogens is 164 g/mol. The molecule has 2 heterocycles. The lowest BCUT2D eigenvalue weighted by molar-refractivity contribution is 0.701. The smallest absolute Gasteiger partial charge is 0.143 e.